The Morgan fingerprint density at radius 3 is 2.47 bits per heavy atom. The Bertz CT molecular complexity index is 1130. The summed E-state index contributed by atoms with van der Waals surface area (Å²) in [6.07, 6.45) is 3.61. The smallest absolute Gasteiger partial charge is 0.297 e. The van der Waals surface area contributed by atoms with Crippen LogP contribution in [0, 0.1) is 6.92 Å². The number of thiazole rings is 1. The first kappa shape index (κ1) is 24.2. The predicted octanol–water partition coefficient (Wildman–Crippen LogP) is 4.81. The number of benzene rings is 1. The first-order valence-electron chi connectivity index (χ1n) is 11.1. The number of likely N-dealkylation sites (tertiary alicyclic amines) is 1. The molecule has 0 bridgehead atoms. The second kappa shape index (κ2) is 10.5. The van der Waals surface area contributed by atoms with Gasteiger partial charge in [-0.05, 0) is 51.9 Å². The lowest BCUT2D eigenvalue weighted by atomic mass is 10.1. The topological polar surface area (TPSA) is 80.2 Å². The maximum Gasteiger partial charge on any atom is 0.297 e. The number of hydrogen-bond donors (Lipinski definition) is 1. The van der Waals surface area contributed by atoms with Crippen LogP contribution in [0.5, 0.6) is 5.75 Å². The average Bonchev–Trinajstić information content (AvgIpc) is 3.26. The molecule has 0 radical (unpaired) electrons. The number of alkyl halides is 2. The molecule has 1 aliphatic rings. The molecular weight excluding hydrogens is 460 g/mol. The fraction of sp³-hybridized carbons (Fsp3) is 0.417. The summed E-state index contributed by atoms with van der Waals surface area (Å²) in [5, 5.41) is 3.71. The van der Waals surface area contributed by atoms with E-state index in [1.165, 1.54) is 12.4 Å². The number of carbonyl (C=O) groups is 1. The number of nitrogens with one attached hydrogen (secondary N) is 1. The van der Waals surface area contributed by atoms with E-state index in [0.717, 1.165) is 41.4 Å². The van der Waals surface area contributed by atoms with Crippen molar-refractivity contribution in [2.24, 2.45) is 0 Å². The minimum absolute atomic E-state index is 0.0878. The molecule has 1 N–H and O–H groups in total. The van der Waals surface area contributed by atoms with E-state index in [1.807, 2.05) is 13.0 Å². The number of rotatable bonds is 7. The van der Waals surface area contributed by atoms with Crippen molar-refractivity contribution in [3.8, 4) is 16.3 Å². The van der Waals surface area contributed by atoms with Gasteiger partial charge in [0, 0.05) is 53.2 Å². The molecule has 0 spiro atoms. The number of amides is 1. The van der Waals surface area contributed by atoms with Crippen molar-refractivity contribution in [2.45, 2.75) is 45.3 Å². The third-order valence-corrected chi connectivity index (χ3v) is 6.70. The fourth-order valence-electron chi connectivity index (χ4n) is 3.75. The number of ether oxygens (including phenoxy) is 1. The number of hydrogen-bond acceptors (Lipinski definition) is 7. The number of aromatic nitrogens is 3. The summed E-state index contributed by atoms with van der Waals surface area (Å²) in [5.41, 5.74) is 1.78. The van der Waals surface area contributed by atoms with Gasteiger partial charge in [-0.3, -0.25) is 4.79 Å². The second-order valence-electron chi connectivity index (χ2n) is 8.51. The van der Waals surface area contributed by atoms with Crippen LogP contribution in [0.25, 0.3) is 10.6 Å². The molecule has 3 heterocycles. The predicted molar refractivity (Wildman–Crippen MR) is 126 cm³/mol. The van der Waals surface area contributed by atoms with Crippen LogP contribution in [0.2, 0.25) is 0 Å². The Morgan fingerprint density at radius 1 is 1.15 bits per heavy atom. The molecule has 10 heteroatoms. The molecule has 1 atom stereocenters. The van der Waals surface area contributed by atoms with Crippen molar-refractivity contribution in [1.82, 2.24) is 25.2 Å². The van der Waals surface area contributed by atoms with E-state index >= 15 is 0 Å². The largest absolute Gasteiger partial charge is 0.490 e. The summed E-state index contributed by atoms with van der Waals surface area (Å²) >= 11 is 1.55. The Balaban J connectivity index is 1.55. The van der Waals surface area contributed by atoms with Crippen LogP contribution in [0.15, 0.2) is 36.8 Å². The van der Waals surface area contributed by atoms with E-state index in [4.69, 9.17) is 4.74 Å². The van der Waals surface area contributed by atoms with Crippen LogP contribution in [-0.2, 0) is 0 Å². The van der Waals surface area contributed by atoms with Gasteiger partial charge in [-0.25, -0.2) is 23.7 Å². The summed E-state index contributed by atoms with van der Waals surface area (Å²) in [7, 11) is 2.09. The quantitative estimate of drug-likeness (QED) is 0.515. The molecule has 1 aliphatic heterocycles. The number of carbonyl (C=O) groups excluding carboxylic acids is 1. The summed E-state index contributed by atoms with van der Waals surface area (Å²) in [6, 6.07) is 4.98. The van der Waals surface area contributed by atoms with Gasteiger partial charge in [0.25, 0.3) is 12.3 Å². The molecule has 1 aromatic carbocycles. The molecule has 180 valence electrons. The van der Waals surface area contributed by atoms with Crippen LogP contribution in [0.3, 0.4) is 0 Å². The lowest BCUT2D eigenvalue weighted by Crippen LogP contribution is -2.35. The van der Waals surface area contributed by atoms with Gasteiger partial charge in [0.1, 0.15) is 16.9 Å². The Labute approximate surface area is 201 Å². The maximum absolute atomic E-state index is 13.1. The van der Waals surface area contributed by atoms with Crippen molar-refractivity contribution >= 4 is 17.2 Å². The minimum Gasteiger partial charge on any atom is -0.490 e. The van der Waals surface area contributed by atoms with E-state index in [9.17, 15) is 13.6 Å². The van der Waals surface area contributed by atoms with E-state index in [0.29, 0.717) is 16.9 Å². The van der Waals surface area contributed by atoms with Gasteiger partial charge in [0.05, 0.1) is 6.04 Å². The minimum atomic E-state index is -2.74. The lowest BCUT2D eigenvalue weighted by molar-refractivity contribution is 0.0936. The maximum atomic E-state index is 13.1. The summed E-state index contributed by atoms with van der Waals surface area (Å²) in [5.74, 6) is -0.222. The summed E-state index contributed by atoms with van der Waals surface area (Å²) in [6.45, 7) is 5.67. The lowest BCUT2D eigenvalue weighted by Gasteiger charge is -2.29. The van der Waals surface area contributed by atoms with Crippen LogP contribution >= 0.6 is 11.3 Å². The molecular formula is C24H27F2N5O2S. The molecule has 2 aromatic heterocycles. The number of nitrogens with zero attached hydrogens (tertiary/aromatic N) is 4. The summed E-state index contributed by atoms with van der Waals surface area (Å²) < 4.78 is 31.7. The van der Waals surface area contributed by atoms with Gasteiger partial charge in [-0.15, -0.1) is 11.3 Å². The Kier molecular flexibility index (Phi) is 7.47. The standard InChI is InChI=1S/C24H27F2N5O2S/c1-14-11-29-24(34-14)17-8-16(9-20(10-17)33-19-4-6-31(3)7-5-19)23(32)30-15(2)18-12-27-22(21(25)26)28-13-18/h8-13,15,19,21H,4-7H2,1-3H3,(H,30,32). The van der Waals surface area contributed by atoms with Gasteiger partial charge in [0.2, 0.25) is 0 Å². The van der Waals surface area contributed by atoms with Gasteiger partial charge in [-0.1, -0.05) is 0 Å². The van der Waals surface area contributed by atoms with Crippen LogP contribution in [0.4, 0.5) is 8.78 Å². The highest BCUT2D eigenvalue weighted by atomic mass is 32.1. The highest BCUT2D eigenvalue weighted by Crippen LogP contribution is 2.31. The highest BCUT2D eigenvalue weighted by Gasteiger charge is 2.21. The zero-order valence-electron chi connectivity index (χ0n) is 19.3. The molecule has 0 saturated carbocycles. The molecule has 7 nitrogen and oxygen atoms in total. The second-order valence-corrected chi connectivity index (χ2v) is 9.75. The normalized spacial score (nSPS) is 15.9. The molecule has 0 aliphatic carbocycles. The van der Waals surface area contributed by atoms with Crippen LogP contribution < -0.4 is 10.1 Å². The molecule has 3 aromatic rings. The van der Waals surface area contributed by atoms with E-state index in [2.05, 4.69) is 32.2 Å². The first-order chi connectivity index (χ1) is 16.3. The third kappa shape index (κ3) is 5.92. The first-order valence-corrected chi connectivity index (χ1v) is 11.9. The van der Waals surface area contributed by atoms with Crippen molar-refractivity contribution in [3.63, 3.8) is 0 Å². The van der Waals surface area contributed by atoms with Crippen molar-refractivity contribution in [1.29, 1.82) is 0 Å². The molecule has 4 rings (SSSR count). The molecule has 1 unspecified atom stereocenters. The molecule has 34 heavy (non-hydrogen) atoms. The molecule has 1 fully saturated rings. The Morgan fingerprint density at radius 2 is 1.85 bits per heavy atom. The van der Waals surface area contributed by atoms with Crippen LogP contribution in [-0.4, -0.2) is 52.0 Å². The highest BCUT2D eigenvalue weighted by molar-refractivity contribution is 7.14. The third-order valence-electron chi connectivity index (χ3n) is 5.74. The fourth-order valence-corrected chi connectivity index (χ4v) is 4.50. The average molecular weight is 488 g/mol. The number of piperidine rings is 1. The zero-order valence-corrected chi connectivity index (χ0v) is 20.1. The van der Waals surface area contributed by atoms with E-state index < -0.39 is 18.3 Å². The van der Waals surface area contributed by atoms with Crippen molar-refractivity contribution in [2.75, 3.05) is 20.1 Å². The molecule has 1 amide bonds. The zero-order chi connectivity index (χ0) is 24.2. The molecule has 1 saturated heterocycles. The van der Waals surface area contributed by atoms with Crippen LogP contribution in [0.1, 0.15) is 58.9 Å². The van der Waals surface area contributed by atoms with E-state index in [-0.39, 0.29) is 12.0 Å². The Hall–Kier alpha value is -2.98. The number of aryl methyl sites for hydroxylation is 1. The van der Waals surface area contributed by atoms with Gasteiger partial charge in [0.15, 0.2) is 5.82 Å². The van der Waals surface area contributed by atoms with E-state index in [1.54, 1.807) is 36.6 Å². The van der Waals surface area contributed by atoms with Gasteiger partial charge in [-0.2, -0.15) is 0 Å². The van der Waals surface area contributed by atoms with Crippen molar-refractivity contribution in [3.05, 3.63) is 58.6 Å². The van der Waals surface area contributed by atoms with Gasteiger partial charge >= 0.3 is 0 Å². The van der Waals surface area contributed by atoms with Crippen molar-refractivity contribution < 1.29 is 18.3 Å². The van der Waals surface area contributed by atoms with Gasteiger partial charge < -0.3 is 15.0 Å². The summed E-state index contributed by atoms with van der Waals surface area (Å²) in [4.78, 5) is 28.3. The monoisotopic (exact) mass is 487 g/mol. The SMILES string of the molecule is Cc1cnc(-c2cc(OC3CCN(C)CC3)cc(C(=O)NC(C)c3cnc(C(F)F)nc3)c2)s1. The number of halogens is 2.